The van der Waals surface area contributed by atoms with Crippen molar-refractivity contribution < 1.29 is 18.3 Å². The van der Waals surface area contributed by atoms with Gasteiger partial charge in [0.2, 0.25) is 0 Å². The molecule has 0 aromatic heterocycles. The SMILES string of the molecule is CC(C)c1ccccc1N(CCC(=O)O)S(=O)(=O)c1ccc(Cl)cc1. The maximum Gasteiger partial charge on any atom is 0.305 e. The highest BCUT2D eigenvalue weighted by molar-refractivity contribution is 7.92. The topological polar surface area (TPSA) is 74.7 Å². The summed E-state index contributed by atoms with van der Waals surface area (Å²) in [7, 11) is -3.91. The molecule has 2 aromatic rings. The molecule has 0 amide bonds. The Hall–Kier alpha value is -2.05. The van der Waals surface area contributed by atoms with Crippen molar-refractivity contribution in [1.29, 1.82) is 0 Å². The average Bonchev–Trinajstić information content (AvgIpc) is 2.55. The number of halogens is 1. The Morgan fingerprint density at radius 3 is 2.28 bits per heavy atom. The first kappa shape index (κ1) is 19.3. The molecule has 134 valence electrons. The zero-order valence-electron chi connectivity index (χ0n) is 14.0. The van der Waals surface area contributed by atoms with E-state index in [0.29, 0.717) is 10.7 Å². The van der Waals surface area contributed by atoms with Crippen molar-refractivity contribution in [1.82, 2.24) is 0 Å². The molecule has 2 rings (SSSR count). The van der Waals surface area contributed by atoms with Gasteiger partial charge in [0.05, 0.1) is 17.0 Å². The number of nitrogens with zero attached hydrogens (tertiary/aromatic N) is 1. The third-order valence-corrected chi connectivity index (χ3v) is 5.84. The van der Waals surface area contributed by atoms with Crippen molar-refractivity contribution in [3.8, 4) is 0 Å². The number of carboxylic acids is 1. The van der Waals surface area contributed by atoms with Crippen LogP contribution in [0.4, 0.5) is 5.69 Å². The fourth-order valence-corrected chi connectivity index (χ4v) is 4.12. The number of anilines is 1. The highest BCUT2D eigenvalue weighted by Crippen LogP contribution is 2.32. The van der Waals surface area contributed by atoms with E-state index in [0.717, 1.165) is 5.56 Å². The maximum absolute atomic E-state index is 13.1. The highest BCUT2D eigenvalue weighted by atomic mass is 35.5. The van der Waals surface area contributed by atoms with E-state index in [1.54, 1.807) is 12.1 Å². The second-order valence-corrected chi connectivity index (χ2v) is 8.19. The van der Waals surface area contributed by atoms with Gasteiger partial charge < -0.3 is 5.11 Å². The number of carbonyl (C=O) groups is 1. The summed E-state index contributed by atoms with van der Waals surface area (Å²) in [5.74, 6) is -0.970. The van der Waals surface area contributed by atoms with Gasteiger partial charge in [-0.15, -0.1) is 0 Å². The summed E-state index contributed by atoms with van der Waals surface area (Å²) in [6.07, 6.45) is -0.292. The van der Waals surface area contributed by atoms with Gasteiger partial charge in [-0.05, 0) is 41.8 Å². The van der Waals surface area contributed by atoms with Crippen LogP contribution < -0.4 is 4.31 Å². The molecule has 2 aromatic carbocycles. The lowest BCUT2D eigenvalue weighted by Gasteiger charge is -2.27. The van der Waals surface area contributed by atoms with Crippen LogP contribution in [0.3, 0.4) is 0 Å². The first-order valence-corrected chi connectivity index (χ1v) is 9.64. The number of benzene rings is 2. The second-order valence-electron chi connectivity index (χ2n) is 5.89. The molecule has 7 heteroatoms. The van der Waals surface area contributed by atoms with Crippen molar-refractivity contribution in [3.63, 3.8) is 0 Å². The molecule has 25 heavy (non-hydrogen) atoms. The van der Waals surface area contributed by atoms with Gasteiger partial charge in [-0.3, -0.25) is 9.10 Å². The zero-order chi connectivity index (χ0) is 18.6. The van der Waals surface area contributed by atoms with E-state index in [9.17, 15) is 13.2 Å². The van der Waals surface area contributed by atoms with Crippen LogP contribution in [0.2, 0.25) is 5.02 Å². The van der Waals surface area contributed by atoms with Crippen LogP contribution in [-0.4, -0.2) is 26.0 Å². The van der Waals surface area contributed by atoms with Crippen molar-refractivity contribution >= 4 is 33.3 Å². The van der Waals surface area contributed by atoms with E-state index in [1.807, 2.05) is 26.0 Å². The number of hydrogen-bond acceptors (Lipinski definition) is 3. The van der Waals surface area contributed by atoms with Crippen molar-refractivity contribution in [3.05, 3.63) is 59.1 Å². The summed E-state index contributed by atoms with van der Waals surface area (Å²) in [5.41, 5.74) is 1.33. The minimum Gasteiger partial charge on any atom is -0.481 e. The zero-order valence-corrected chi connectivity index (χ0v) is 15.6. The Kier molecular flexibility index (Phi) is 6.08. The number of carboxylic acid groups (broad SMARTS) is 1. The number of para-hydroxylation sites is 1. The predicted octanol–water partition coefficient (Wildman–Crippen LogP) is 4.13. The first-order chi connectivity index (χ1) is 11.7. The Labute approximate surface area is 152 Å². The lowest BCUT2D eigenvalue weighted by Crippen LogP contribution is -2.34. The predicted molar refractivity (Wildman–Crippen MR) is 98.8 cm³/mol. The fourth-order valence-electron chi connectivity index (χ4n) is 2.50. The summed E-state index contributed by atoms with van der Waals surface area (Å²) in [6.45, 7) is 3.77. The molecule has 5 nitrogen and oxygen atoms in total. The quantitative estimate of drug-likeness (QED) is 0.782. The van der Waals surface area contributed by atoms with Gasteiger partial charge in [-0.25, -0.2) is 8.42 Å². The van der Waals surface area contributed by atoms with Crippen molar-refractivity contribution in [2.45, 2.75) is 31.1 Å². The molecular formula is C18H20ClNO4S. The summed E-state index contributed by atoms with van der Waals surface area (Å²) in [5, 5.41) is 9.45. The minimum atomic E-state index is -3.91. The fraction of sp³-hybridized carbons (Fsp3) is 0.278. The molecule has 0 saturated carbocycles. The van der Waals surface area contributed by atoms with Gasteiger partial charge in [-0.2, -0.15) is 0 Å². The second kappa shape index (κ2) is 7.89. The van der Waals surface area contributed by atoms with Crippen molar-refractivity contribution in [2.75, 3.05) is 10.8 Å². The molecule has 0 aliphatic heterocycles. The normalized spacial score (nSPS) is 11.5. The summed E-state index contributed by atoms with van der Waals surface area (Å²) >= 11 is 5.84. The molecule has 0 unspecified atom stereocenters. The average molecular weight is 382 g/mol. The molecule has 0 bridgehead atoms. The molecule has 1 N–H and O–H groups in total. The lowest BCUT2D eigenvalue weighted by molar-refractivity contribution is -0.136. The minimum absolute atomic E-state index is 0.0702. The highest BCUT2D eigenvalue weighted by Gasteiger charge is 2.27. The molecule has 0 spiro atoms. The van der Waals surface area contributed by atoms with Crippen LogP contribution >= 0.6 is 11.6 Å². The number of hydrogen-bond donors (Lipinski definition) is 1. The third-order valence-electron chi connectivity index (χ3n) is 3.76. The smallest absolute Gasteiger partial charge is 0.305 e. The molecule has 0 fully saturated rings. The molecule has 0 saturated heterocycles. The summed E-state index contributed by atoms with van der Waals surface area (Å²) in [6, 6.07) is 13.0. The largest absolute Gasteiger partial charge is 0.481 e. The van der Waals surface area contributed by atoms with Gasteiger partial charge in [0.25, 0.3) is 10.0 Å². The van der Waals surface area contributed by atoms with E-state index >= 15 is 0 Å². The van der Waals surface area contributed by atoms with E-state index in [2.05, 4.69) is 0 Å². The van der Waals surface area contributed by atoms with Gasteiger partial charge in [0.1, 0.15) is 0 Å². The molecule has 0 atom stereocenters. The number of aliphatic carboxylic acids is 1. The summed E-state index contributed by atoms with van der Waals surface area (Å²) in [4.78, 5) is 11.1. The van der Waals surface area contributed by atoms with Gasteiger partial charge in [0.15, 0.2) is 0 Å². The Bertz CT molecular complexity index is 848. The van der Waals surface area contributed by atoms with Gasteiger partial charge in [-0.1, -0.05) is 43.6 Å². The van der Waals surface area contributed by atoms with E-state index in [4.69, 9.17) is 16.7 Å². The molecule has 0 heterocycles. The standard InChI is InChI=1S/C18H20ClNO4S/c1-13(2)16-5-3-4-6-17(16)20(12-11-18(21)22)25(23,24)15-9-7-14(19)8-10-15/h3-10,13H,11-12H2,1-2H3,(H,21,22). The van der Waals surface area contributed by atoms with E-state index in [-0.39, 0.29) is 23.8 Å². The number of sulfonamides is 1. The third kappa shape index (κ3) is 4.52. The van der Waals surface area contributed by atoms with E-state index < -0.39 is 16.0 Å². The van der Waals surface area contributed by atoms with Gasteiger partial charge in [0, 0.05) is 11.6 Å². The summed E-state index contributed by atoms with van der Waals surface area (Å²) < 4.78 is 27.4. The molecule has 0 radical (unpaired) electrons. The van der Waals surface area contributed by atoms with Crippen LogP contribution in [0.1, 0.15) is 31.7 Å². The Morgan fingerprint density at radius 1 is 1.12 bits per heavy atom. The molecule has 0 aliphatic rings. The number of rotatable bonds is 7. The maximum atomic E-state index is 13.1. The molecule has 0 aliphatic carbocycles. The first-order valence-electron chi connectivity index (χ1n) is 7.82. The van der Waals surface area contributed by atoms with Crippen LogP contribution in [0.15, 0.2) is 53.4 Å². The monoisotopic (exact) mass is 381 g/mol. The molecular weight excluding hydrogens is 362 g/mol. The van der Waals surface area contributed by atoms with Crippen LogP contribution in [0, 0.1) is 0 Å². The van der Waals surface area contributed by atoms with Gasteiger partial charge >= 0.3 is 5.97 Å². The Balaban J connectivity index is 2.56. The lowest BCUT2D eigenvalue weighted by atomic mass is 10.0. The Morgan fingerprint density at radius 2 is 1.72 bits per heavy atom. The van der Waals surface area contributed by atoms with Crippen LogP contribution in [-0.2, 0) is 14.8 Å². The van der Waals surface area contributed by atoms with E-state index in [1.165, 1.54) is 28.6 Å². The van der Waals surface area contributed by atoms with Crippen molar-refractivity contribution in [2.24, 2.45) is 0 Å². The van der Waals surface area contributed by atoms with Crippen LogP contribution in [0.5, 0.6) is 0 Å². The van der Waals surface area contributed by atoms with Crippen LogP contribution in [0.25, 0.3) is 0 Å².